The molecule has 1 aliphatic carbocycles. The topological polar surface area (TPSA) is 99.9 Å². The van der Waals surface area contributed by atoms with Gasteiger partial charge >= 0.3 is 0 Å². The Labute approximate surface area is 260 Å². The van der Waals surface area contributed by atoms with Crippen LogP contribution < -0.4 is 9.64 Å². The Morgan fingerprint density at radius 1 is 1.05 bits per heavy atom. The molecule has 0 atom stereocenters. The van der Waals surface area contributed by atoms with Crippen LogP contribution in [0, 0.1) is 5.92 Å². The van der Waals surface area contributed by atoms with Gasteiger partial charge < -0.3 is 24.3 Å². The number of hydrogen-bond donors (Lipinski definition) is 0. The molecule has 1 saturated heterocycles. The van der Waals surface area contributed by atoms with Gasteiger partial charge in [0, 0.05) is 51.2 Å². The van der Waals surface area contributed by atoms with Crippen LogP contribution in [0.15, 0.2) is 48.9 Å². The summed E-state index contributed by atoms with van der Waals surface area (Å²) in [5.41, 5.74) is 1.88. The Morgan fingerprint density at radius 3 is 2.52 bits per heavy atom. The molecule has 5 rings (SSSR count). The third-order valence-electron chi connectivity index (χ3n) is 8.71. The zero-order valence-corrected chi connectivity index (χ0v) is 26.6. The van der Waals surface area contributed by atoms with Gasteiger partial charge in [-0.3, -0.25) is 9.59 Å². The number of rotatable bonds is 11. The molecule has 0 unspecified atom stereocenters. The van der Waals surface area contributed by atoms with Gasteiger partial charge in [0.25, 0.3) is 0 Å². The zero-order valence-electron chi connectivity index (χ0n) is 26.6. The highest BCUT2D eigenvalue weighted by molar-refractivity contribution is 5.88. The van der Waals surface area contributed by atoms with E-state index in [1.807, 2.05) is 72.9 Å². The van der Waals surface area contributed by atoms with E-state index >= 15 is 0 Å². The van der Waals surface area contributed by atoms with E-state index in [0.717, 1.165) is 60.4 Å². The maximum atomic E-state index is 13.5. The number of benzene rings is 1. The zero-order chi connectivity index (χ0) is 31.1. The average Bonchev–Trinajstić information content (AvgIpc) is 3.44. The van der Waals surface area contributed by atoms with Gasteiger partial charge in [-0.2, -0.15) is 5.10 Å². The van der Waals surface area contributed by atoms with Crippen LogP contribution in [0.3, 0.4) is 0 Å². The molecule has 2 aliphatic rings. The summed E-state index contributed by atoms with van der Waals surface area (Å²) in [7, 11) is 4.05. The van der Waals surface area contributed by atoms with Crippen LogP contribution in [0.4, 0.5) is 5.82 Å². The molecule has 3 aromatic rings. The highest BCUT2D eigenvalue weighted by atomic mass is 16.5. The monoisotopic (exact) mass is 602 g/mol. The Morgan fingerprint density at radius 2 is 1.82 bits per heavy atom. The SMILES string of the molecule is C/C=C/C(=O)N(CCN(C)C)[C@H]1CC[C@H](C(=O)N2CCN(c3ncnc4c3cnn4Cc3cccc(OCC)c3)CC2)CC1. The van der Waals surface area contributed by atoms with Gasteiger partial charge in [0.15, 0.2) is 5.65 Å². The van der Waals surface area contributed by atoms with Gasteiger partial charge in [-0.25, -0.2) is 14.6 Å². The van der Waals surface area contributed by atoms with Gasteiger partial charge in [-0.05, 0) is 77.4 Å². The Kier molecular flexibility index (Phi) is 10.5. The van der Waals surface area contributed by atoms with Gasteiger partial charge in [0.2, 0.25) is 11.8 Å². The first-order valence-corrected chi connectivity index (χ1v) is 15.9. The Balaban J connectivity index is 1.17. The van der Waals surface area contributed by atoms with Gasteiger partial charge in [-0.1, -0.05) is 18.2 Å². The van der Waals surface area contributed by atoms with Gasteiger partial charge in [-0.15, -0.1) is 0 Å². The number of likely N-dealkylation sites (N-methyl/N-ethyl adjacent to an activating group) is 1. The number of nitrogens with zero attached hydrogens (tertiary/aromatic N) is 8. The third kappa shape index (κ3) is 7.38. The highest BCUT2D eigenvalue weighted by Crippen LogP contribution is 2.31. The molecule has 0 bridgehead atoms. The summed E-state index contributed by atoms with van der Waals surface area (Å²) in [6.07, 6.45) is 10.3. The fourth-order valence-corrected chi connectivity index (χ4v) is 6.37. The lowest BCUT2D eigenvalue weighted by Gasteiger charge is -2.40. The van der Waals surface area contributed by atoms with Crippen molar-refractivity contribution in [3.05, 3.63) is 54.5 Å². The van der Waals surface area contributed by atoms with E-state index in [9.17, 15) is 9.59 Å². The van der Waals surface area contributed by atoms with Gasteiger partial charge in [0.05, 0.1) is 24.7 Å². The quantitative estimate of drug-likeness (QED) is 0.308. The summed E-state index contributed by atoms with van der Waals surface area (Å²) >= 11 is 0. The number of carbonyl (C=O) groups excluding carboxylic acids is 2. The molecular weight excluding hydrogens is 556 g/mol. The summed E-state index contributed by atoms with van der Waals surface area (Å²) < 4.78 is 7.55. The van der Waals surface area contributed by atoms with Crippen molar-refractivity contribution in [2.24, 2.45) is 5.92 Å². The van der Waals surface area contributed by atoms with Crippen molar-refractivity contribution in [3.63, 3.8) is 0 Å². The molecule has 0 N–H and O–H groups in total. The molecule has 0 radical (unpaired) electrons. The molecule has 236 valence electrons. The second-order valence-electron chi connectivity index (χ2n) is 12.0. The number of amides is 2. The minimum atomic E-state index is 0.0236. The maximum Gasteiger partial charge on any atom is 0.246 e. The molecule has 2 amide bonds. The fraction of sp³-hybridized carbons (Fsp3) is 0.545. The minimum absolute atomic E-state index is 0.0236. The van der Waals surface area contributed by atoms with Crippen molar-refractivity contribution in [2.75, 3.05) is 64.9 Å². The van der Waals surface area contributed by atoms with Crippen molar-refractivity contribution >= 4 is 28.7 Å². The van der Waals surface area contributed by atoms with E-state index in [0.29, 0.717) is 45.9 Å². The van der Waals surface area contributed by atoms with Gasteiger partial charge in [0.1, 0.15) is 17.9 Å². The van der Waals surface area contributed by atoms with Crippen LogP contribution >= 0.6 is 0 Å². The second-order valence-corrected chi connectivity index (χ2v) is 12.0. The van der Waals surface area contributed by atoms with E-state index in [1.54, 1.807) is 12.4 Å². The number of aromatic nitrogens is 4. The van der Waals surface area contributed by atoms with Crippen molar-refractivity contribution in [1.29, 1.82) is 0 Å². The molecule has 1 aliphatic heterocycles. The van der Waals surface area contributed by atoms with Crippen molar-refractivity contribution in [3.8, 4) is 5.75 Å². The summed E-state index contributed by atoms with van der Waals surface area (Å²) in [5, 5.41) is 5.55. The Bertz CT molecular complexity index is 1440. The number of anilines is 1. The summed E-state index contributed by atoms with van der Waals surface area (Å²) in [6, 6.07) is 8.23. The normalized spacial score (nSPS) is 19.2. The lowest BCUT2D eigenvalue weighted by Crippen LogP contribution is -2.52. The standard InChI is InChI=1S/C33H46N8O3/c1-5-8-30(42)40(20-15-37(3)4)27-13-11-26(12-14-27)33(43)39-18-16-38(17-19-39)31-29-22-36-41(32(29)35-24-34-31)23-25-9-7-10-28(21-25)44-6-2/h5,7-10,21-22,24,26-27H,6,11-20,23H2,1-4H3/b8-5+/t26-,27-. The fourth-order valence-electron chi connectivity index (χ4n) is 6.37. The lowest BCUT2D eigenvalue weighted by molar-refractivity contribution is -0.137. The summed E-state index contributed by atoms with van der Waals surface area (Å²) in [5.74, 6) is 2.05. The number of allylic oxidation sites excluding steroid dienone is 1. The summed E-state index contributed by atoms with van der Waals surface area (Å²) in [4.78, 5) is 43.9. The van der Waals surface area contributed by atoms with E-state index < -0.39 is 0 Å². The number of piperazine rings is 1. The number of hydrogen-bond acceptors (Lipinski definition) is 8. The summed E-state index contributed by atoms with van der Waals surface area (Å²) in [6.45, 7) is 9.35. The largest absolute Gasteiger partial charge is 0.494 e. The predicted molar refractivity (Wildman–Crippen MR) is 172 cm³/mol. The third-order valence-corrected chi connectivity index (χ3v) is 8.71. The molecule has 3 heterocycles. The van der Waals surface area contributed by atoms with Crippen LogP contribution in [0.1, 0.15) is 45.1 Å². The number of fused-ring (bicyclic) bond motifs is 1. The first kappa shape index (κ1) is 31.4. The first-order chi connectivity index (χ1) is 21.4. The first-order valence-electron chi connectivity index (χ1n) is 15.9. The highest BCUT2D eigenvalue weighted by Gasteiger charge is 2.34. The molecule has 2 aromatic heterocycles. The van der Waals surface area contributed by atoms with Crippen LogP contribution in [0.2, 0.25) is 0 Å². The second kappa shape index (κ2) is 14.7. The minimum Gasteiger partial charge on any atom is -0.494 e. The predicted octanol–water partition coefficient (Wildman–Crippen LogP) is 3.45. The molecule has 2 fully saturated rings. The van der Waals surface area contributed by atoms with Crippen LogP contribution in [-0.4, -0.2) is 112 Å². The molecular formula is C33H46N8O3. The van der Waals surface area contributed by atoms with Crippen LogP contribution in [-0.2, 0) is 16.1 Å². The van der Waals surface area contributed by atoms with Crippen molar-refractivity contribution in [1.82, 2.24) is 34.4 Å². The van der Waals surface area contributed by atoms with Crippen molar-refractivity contribution in [2.45, 2.75) is 52.1 Å². The van der Waals surface area contributed by atoms with E-state index in [2.05, 4.69) is 30.9 Å². The number of ether oxygens (including phenoxy) is 1. The Hall–Kier alpha value is -3.99. The molecule has 0 spiro atoms. The molecule has 11 heteroatoms. The van der Waals surface area contributed by atoms with Crippen LogP contribution in [0.25, 0.3) is 11.0 Å². The molecule has 1 saturated carbocycles. The lowest BCUT2D eigenvalue weighted by atomic mass is 9.84. The molecule has 1 aromatic carbocycles. The maximum absolute atomic E-state index is 13.5. The smallest absolute Gasteiger partial charge is 0.246 e. The average molecular weight is 603 g/mol. The van der Waals surface area contributed by atoms with Crippen molar-refractivity contribution < 1.29 is 14.3 Å². The van der Waals surface area contributed by atoms with E-state index in [1.165, 1.54) is 0 Å². The van der Waals surface area contributed by atoms with Crippen LogP contribution in [0.5, 0.6) is 5.75 Å². The van der Waals surface area contributed by atoms with E-state index in [-0.39, 0.29) is 23.8 Å². The number of carbonyl (C=O) groups is 2. The molecule has 11 nitrogen and oxygen atoms in total. The van der Waals surface area contributed by atoms with E-state index in [4.69, 9.17) is 4.74 Å². The molecule has 44 heavy (non-hydrogen) atoms.